The summed E-state index contributed by atoms with van der Waals surface area (Å²) in [4.78, 5) is 26.7. The van der Waals surface area contributed by atoms with Gasteiger partial charge in [-0.25, -0.2) is 4.39 Å². The normalized spacial score (nSPS) is 18.1. The summed E-state index contributed by atoms with van der Waals surface area (Å²) in [6, 6.07) is 9.98. The van der Waals surface area contributed by atoms with Crippen molar-refractivity contribution in [2.75, 3.05) is 18.2 Å². The van der Waals surface area contributed by atoms with Crippen molar-refractivity contribution in [3.63, 3.8) is 0 Å². The molecule has 1 unspecified atom stereocenters. The van der Waals surface area contributed by atoms with Gasteiger partial charge in [0, 0.05) is 18.8 Å². The van der Waals surface area contributed by atoms with Gasteiger partial charge in [0.05, 0.1) is 0 Å². The molecule has 2 aromatic rings. The monoisotopic (exact) mass is 370 g/mol. The molecule has 7 heteroatoms. The summed E-state index contributed by atoms with van der Waals surface area (Å²) in [6.45, 7) is 2.58. The van der Waals surface area contributed by atoms with Crippen LogP contribution < -0.4 is 19.7 Å². The number of carbonyl (C=O) groups excluding carboxylic acids is 2. The number of hydrogen-bond donors (Lipinski definition) is 1. The molecule has 1 fully saturated rings. The smallest absolute Gasteiger partial charge is 0.239 e. The van der Waals surface area contributed by atoms with Crippen molar-refractivity contribution < 1.29 is 23.5 Å². The van der Waals surface area contributed by atoms with Crippen molar-refractivity contribution in [2.45, 2.75) is 19.9 Å². The summed E-state index contributed by atoms with van der Waals surface area (Å²) in [6.07, 6.45) is 0.433. The second kappa shape index (κ2) is 6.90. The van der Waals surface area contributed by atoms with Crippen molar-refractivity contribution >= 4 is 17.5 Å². The van der Waals surface area contributed by atoms with Gasteiger partial charge in [-0.05, 0) is 54.8 Å². The van der Waals surface area contributed by atoms with Crippen LogP contribution in [0.2, 0.25) is 0 Å². The van der Waals surface area contributed by atoms with Gasteiger partial charge in [0.1, 0.15) is 11.7 Å². The van der Waals surface area contributed by atoms with Gasteiger partial charge < -0.3 is 19.7 Å². The SMILES string of the molecule is Cc1cc(N2CCC(C(=O)NCc3ccc4c(c3)OCO4)C2=O)ccc1F. The van der Waals surface area contributed by atoms with E-state index in [2.05, 4.69) is 5.32 Å². The van der Waals surface area contributed by atoms with E-state index in [0.717, 1.165) is 5.56 Å². The number of halogens is 1. The Morgan fingerprint density at radius 2 is 2.04 bits per heavy atom. The highest BCUT2D eigenvalue weighted by Crippen LogP contribution is 2.32. The van der Waals surface area contributed by atoms with Gasteiger partial charge in [-0.1, -0.05) is 6.07 Å². The van der Waals surface area contributed by atoms with Crippen LogP contribution in [0, 0.1) is 18.7 Å². The molecule has 0 spiro atoms. The third kappa shape index (κ3) is 3.32. The fourth-order valence-electron chi connectivity index (χ4n) is 3.34. The molecule has 2 aromatic carbocycles. The van der Waals surface area contributed by atoms with Crippen LogP contribution in [0.5, 0.6) is 11.5 Å². The average molecular weight is 370 g/mol. The molecule has 0 aliphatic carbocycles. The van der Waals surface area contributed by atoms with Crippen molar-refractivity contribution in [1.82, 2.24) is 5.32 Å². The predicted octanol–water partition coefficient (Wildman–Crippen LogP) is 2.53. The molecular formula is C20H19FN2O4. The van der Waals surface area contributed by atoms with Crippen molar-refractivity contribution in [3.05, 3.63) is 53.3 Å². The molecule has 140 valence electrons. The third-order valence-electron chi connectivity index (χ3n) is 4.88. The first-order chi connectivity index (χ1) is 13.0. The minimum absolute atomic E-state index is 0.195. The van der Waals surface area contributed by atoms with Crippen LogP contribution in [-0.4, -0.2) is 25.2 Å². The average Bonchev–Trinajstić information content (AvgIpc) is 3.28. The molecule has 0 radical (unpaired) electrons. The first kappa shape index (κ1) is 17.3. The molecule has 0 aromatic heterocycles. The lowest BCUT2D eigenvalue weighted by Gasteiger charge is -2.17. The maximum atomic E-state index is 13.4. The molecular weight excluding hydrogens is 351 g/mol. The van der Waals surface area contributed by atoms with Crippen LogP contribution >= 0.6 is 0 Å². The van der Waals surface area contributed by atoms with Crippen LogP contribution in [0.3, 0.4) is 0 Å². The van der Waals surface area contributed by atoms with Crippen molar-refractivity contribution in [2.24, 2.45) is 5.92 Å². The summed E-state index contributed by atoms with van der Waals surface area (Å²) >= 11 is 0. The summed E-state index contributed by atoms with van der Waals surface area (Å²) in [5.41, 5.74) is 1.95. The highest BCUT2D eigenvalue weighted by molar-refractivity contribution is 6.09. The highest BCUT2D eigenvalue weighted by atomic mass is 19.1. The van der Waals surface area contributed by atoms with E-state index < -0.39 is 5.92 Å². The molecule has 0 bridgehead atoms. The number of anilines is 1. The molecule has 0 saturated carbocycles. The number of amides is 2. The fourth-order valence-corrected chi connectivity index (χ4v) is 3.34. The number of aryl methyl sites for hydroxylation is 1. The lowest BCUT2D eigenvalue weighted by Crippen LogP contribution is -2.36. The Hall–Kier alpha value is -3.09. The van der Waals surface area contributed by atoms with Crippen LogP contribution in [0.1, 0.15) is 17.5 Å². The molecule has 27 heavy (non-hydrogen) atoms. The molecule has 2 heterocycles. The second-order valence-corrected chi connectivity index (χ2v) is 6.67. The van der Waals surface area contributed by atoms with Gasteiger partial charge in [-0.15, -0.1) is 0 Å². The Balaban J connectivity index is 1.39. The zero-order valence-corrected chi connectivity index (χ0v) is 14.8. The number of fused-ring (bicyclic) bond motifs is 1. The number of nitrogens with zero attached hydrogens (tertiary/aromatic N) is 1. The summed E-state index contributed by atoms with van der Waals surface area (Å²) in [5.74, 6) is -0.284. The quantitative estimate of drug-likeness (QED) is 0.840. The Labute approximate surface area is 155 Å². The van der Waals surface area contributed by atoms with E-state index in [4.69, 9.17) is 9.47 Å². The van der Waals surface area contributed by atoms with Gasteiger partial charge >= 0.3 is 0 Å². The van der Waals surface area contributed by atoms with Gasteiger partial charge in [0.25, 0.3) is 0 Å². The van der Waals surface area contributed by atoms with Gasteiger partial charge in [0.2, 0.25) is 18.6 Å². The van der Waals surface area contributed by atoms with Gasteiger partial charge in [-0.3, -0.25) is 9.59 Å². The van der Waals surface area contributed by atoms with E-state index in [1.807, 2.05) is 12.1 Å². The van der Waals surface area contributed by atoms with Gasteiger partial charge in [-0.2, -0.15) is 0 Å². The predicted molar refractivity (Wildman–Crippen MR) is 96.0 cm³/mol. The Kier molecular flexibility index (Phi) is 4.43. The summed E-state index contributed by atoms with van der Waals surface area (Å²) in [5, 5.41) is 2.81. The molecule has 4 rings (SSSR count). The molecule has 2 aliphatic heterocycles. The van der Waals surface area contributed by atoms with E-state index in [9.17, 15) is 14.0 Å². The van der Waals surface area contributed by atoms with Crippen LogP contribution in [0.4, 0.5) is 10.1 Å². The van der Waals surface area contributed by atoms with E-state index in [1.54, 1.807) is 25.1 Å². The highest BCUT2D eigenvalue weighted by Gasteiger charge is 2.37. The minimum atomic E-state index is -0.732. The first-order valence-corrected chi connectivity index (χ1v) is 8.77. The number of rotatable bonds is 4. The molecule has 1 saturated heterocycles. The van der Waals surface area contributed by atoms with E-state index >= 15 is 0 Å². The molecule has 6 nitrogen and oxygen atoms in total. The Bertz CT molecular complexity index is 915. The Morgan fingerprint density at radius 1 is 1.22 bits per heavy atom. The topological polar surface area (TPSA) is 67.9 Å². The standard InChI is InChI=1S/C20H19FN2O4/c1-12-8-14(3-4-16(12)21)23-7-6-15(20(23)25)19(24)22-10-13-2-5-17-18(9-13)27-11-26-17/h2-5,8-9,15H,6-7,10-11H2,1H3,(H,22,24). The number of nitrogens with one attached hydrogen (secondary N) is 1. The maximum absolute atomic E-state index is 13.4. The van der Waals surface area contributed by atoms with E-state index in [0.29, 0.717) is 42.3 Å². The van der Waals surface area contributed by atoms with Crippen molar-refractivity contribution in [3.8, 4) is 11.5 Å². The zero-order chi connectivity index (χ0) is 19.0. The largest absolute Gasteiger partial charge is 0.454 e. The van der Waals surface area contributed by atoms with Crippen LogP contribution in [-0.2, 0) is 16.1 Å². The lowest BCUT2D eigenvalue weighted by atomic mass is 10.1. The lowest BCUT2D eigenvalue weighted by molar-refractivity contribution is -0.132. The molecule has 2 amide bonds. The number of carbonyl (C=O) groups is 2. The summed E-state index contributed by atoms with van der Waals surface area (Å²) < 4.78 is 24.0. The first-order valence-electron chi connectivity index (χ1n) is 8.77. The minimum Gasteiger partial charge on any atom is -0.454 e. The molecule has 1 atom stereocenters. The number of hydrogen-bond acceptors (Lipinski definition) is 4. The van der Waals surface area contributed by atoms with Crippen LogP contribution in [0.25, 0.3) is 0 Å². The van der Waals surface area contributed by atoms with Crippen LogP contribution in [0.15, 0.2) is 36.4 Å². The zero-order valence-electron chi connectivity index (χ0n) is 14.8. The summed E-state index contributed by atoms with van der Waals surface area (Å²) in [7, 11) is 0. The second-order valence-electron chi connectivity index (χ2n) is 6.67. The Morgan fingerprint density at radius 3 is 2.85 bits per heavy atom. The van der Waals surface area contributed by atoms with Crippen molar-refractivity contribution in [1.29, 1.82) is 0 Å². The van der Waals surface area contributed by atoms with E-state index in [1.165, 1.54) is 11.0 Å². The molecule has 2 aliphatic rings. The fraction of sp³-hybridized carbons (Fsp3) is 0.300. The van der Waals surface area contributed by atoms with E-state index in [-0.39, 0.29) is 24.4 Å². The number of benzene rings is 2. The molecule has 1 N–H and O–H groups in total. The van der Waals surface area contributed by atoms with Gasteiger partial charge in [0.15, 0.2) is 11.5 Å². The maximum Gasteiger partial charge on any atom is 0.239 e. The number of ether oxygens (including phenoxy) is 2. The third-order valence-corrected chi connectivity index (χ3v) is 4.88.